The van der Waals surface area contributed by atoms with Gasteiger partial charge in [0.2, 0.25) is 5.78 Å². The fourth-order valence-corrected chi connectivity index (χ4v) is 2.29. The first kappa shape index (κ1) is 17.8. The summed E-state index contributed by atoms with van der Waals surface area (Å²) in [5.41, 5.74) is 7.60. The van der Waals surface area contributed by atoms with Crippen LogP contribution in [0.1, 0.15) is 33.2 Å². The molecular formula is C18H18ClNO4. The van der Waals surface area contributed by atoms with Crippen molar-refractivity contribution in [3.63, 3.8) is 0 Å². The van der Waals surface area contributed by atoms with E-state index in [1.165, 1.54) is 26.2 Å². The number of benzene rings is 2. The van der Waals surface area contributed by atoms with Crippen molar-refractivity contribution in [2.45, 2.75) is 20.0 Å². The summed E-state index contributed by atoms with van der Waals surface area (Å²) >= 11 is 5.94. The number of rotatable bonds is 5. The van der Waals surface area contributed by atoms with Crippen LogP contribution in [0.2, 0.25) is 5.02 Å². The summed E-state index contributed by atoms with van der Waals surface area (Å²) in [7, 11) is 1.40. The van der Waals surface area contributed by atoms with E-state index in [4.69, 9.17) is 26.8 Å². The number of anilines is 1. The quantitative estimate of drug-likeness (QED) is 0.507. The largest absolute Gasteiger partial charge is 0.496 e. The van der Waals surface area contributed by atoms with Gasteiger partial charge in [-0.25, -0.2) is 4.79 Å². The number of carbonyl (C=O) groups is 2. The van der Waals surface area contributed by atoms with Crippen molar-refractivity contribution in [2.75, 3.05) is 12.8 Å². The summed E-state index contributed by atoms with van der Waals surface area (Å²) in [6.45, 7) is 3.44. The third-order valence-electron chi connectivity index (χ3n) is 3.53. The van der Waals surface area contributed by atoms with Crippen molar-refractivity contribution in [3.8, 4) is 5.75 Å². The molecule has 0 aliphatic carbocycles. The molecule has 0 heterocycles. The van der Waals surface area contributed by atoms with Crippen LogP contribution in [-0.4, -0.2) is 25.0 Å². The second-order valence-corrected chi connectivity index (χ2v) is 5.76. The molecule has 5 nitrogen and oxygen atoms in total. The predicted molar refractivity (Wildman–Crippen MR) is 92.8 cm³/mol. The Morgan fingerprint density at radius 1 is 1.17 bits per heavy atom. The Morgan fingerprint density at radius 2 is 1.79 bits per heavy atom. The molecule has 24 heavy (non-hydrogen) atoms. The number of halogens is 1. The second-order valence-electron chi connectivity index (χ2n) is 5.35. The zero-order valence-electron chi connectivity index (χ0n) is 13.6. The van der Waals surface area contributed by atoms with E-state index in [0.717, 1.165) is 5.56 Å². The lowest BCUT2D eigenvalue weighted by molar-refractivity contribution is 0.0316. The lowest BCUT2D eigenvalue weighted by Gasteiger charge is -2.15. The lowest BCUT2D eigenvalue weighted by atomic mass is 10.1. The average molecular weight is 348 g/mol. The molecule has 0 saturated heterocycles. The molecule has 0 aliphatic rings. The molecule has 0 aromatic heterocycles. The van der Waals surface area contributed by atoms with Gasteiger partial charge in [0.05, 0.1) is 17.8 Å². The first-order chi connectivity index (χ1) is 11.3. The molecule has 2 rings (SSSR count). The number of hydrogen-bond donors (Lipinski definition) is 1. The Labute approximate surface area is 145 Å². The molecule has 126 valence electrons. The maximum Gasteiger partial charge on any atom is 0.342 e. The highest BCUT2D eigenvalue weighted by atomic mass is 35.5. The first-order valence-electron chi connectivity index (χ1n) is 7.28. The van der Waals surface area contributed by atoms with Crippen molar-refractivity contribution in [2.24, 2.45) is 0 Å². The molecule has 0 amide bonds. The van der Waals surface area contributed by atoms with Crippen LogP contribution in [0.15, 0.2) is 36.4 Å². The Kier molecular flexibility index (Phi) is 5.46. The third kappa shape index (κ3) is 3.86. The molecular weight excluding hydrogens is 330 g/mol. The van der Waals surface area contributed by atoms with Crippen LogP contribution in [0, 0.1) is 6.92 Å². The summed E-state index contributed by atoms with van der Waals surface area (Å²) in [5.74, 6) is -0.762. The van der Waals surface area contributed by atoms with Crippen LogP contribution >= 0.6 is 11.6 Å². The molecule has 0 radical (unpaired) electrons. The molecule has 1 atom stereocenters. The minimum atomic E-state index is -0.943. The van der Waals surface area contributed by atoms with Crippen molar-refractivity contribution >= 4 is 29.0 Å². The van der Waals surface area contributed by atoms with E-state index in [9.17, 15) is 9.59 Å². The van der Waals surface area contributed by atoms with E-state index in [0.29, 0.717) is 5.56 Å². The lowest BCUT2D eigenvalue weighted by Crippen LogP contribution is -2.24. The van der Waals surface area contributed by atoms with Crippen LogP contribution in [0.3, 0.4) is 0 Å². The van der Waals surface area contributed by atoms with Crippen LogP contribution in [0.5, 0.6) is 5.75 Å². The SMILES string of the molecule is COc1cc(N)c(Cl)cc1C(=O)O[C@@H](C)C(=O)c1ccc(C)cc1. The Morgan fingerprint density at radius 3 is 2.38 bits per heavy atom. The van der Waals surface area contributed by atoms with E-state index in [1.54, 1.807) is 12.1 Å². The minimum Gasteiger partial charge on any atom is -0.496 e. The number of Topliss-reactive ketones (excluding diaryl/α,β-unsaturated/α-hetero) is 1. The van der Waals surface area contributed by atoms with E-state index in [-0.39, 0.29) is 27.8 Å². The van der Waals surface area contributed by atoms with Gasteiger partial charge in [-0.3, -0.25) is 4.79 Å². The molecule has 0 spiro atoms. The standard InChI is InChI=1S/C18H18ClNO4/c1-10-4-6-12(7-5-10)17(21)11(2)24-18(22)13-8-14(19)15(20)9-16(13)23-3/h4-9,11H,20H2,1-3H3/t11-/m0/s1. The molecule has 2 N–H and O–H groups in total. The number of aryl methyl sites for hydroxylation is 1. The van der Waals surface area contributed by atoms with Crippen molar-refractivity contribution < 1.29 is 19.1 Å². The summed E-state index contributed by atoms with van der Waals surface area (Å²) in [4.78, 5) is 24.7. The molecule has 0 unspecified atom stereocenters. The Balaban J connectivity index is 2.18. The van der Waals surface area contributed by atoms with Gasteiger partial charge in [-0.1, -0.05) is 41.4 Å². The normalized spacial score (nSPS) is 11.7. The number of carbonyl (C=O) groups excluding carboxylic acids is 2. The van der Waals surface area contributed by atoms with Gasteiger partial charge in [-0.15, -0.1) is 0 Å². The molecule has 2 aromatic carbocycles. The van der Waals surface area contributed by atoms with E-state index >= 15 is 0 Å². The number of nitrogens with two attached hydrogens (primary N) is 1. The summed E-state index contributed by atoms with van der Waals surface area (Å²) in [6, 6.07) is 9.84. The first-order valence-corrected chi connectivity index (χ1v) is 7.66. The summed E-state index contributed by atoms with van der Waals surface area (Å²) in [5, 5.41) is 0.209. The van der Waals surface area contributed by atoms with E-state index in [2.05, 4.69) is 0 Å². The zero-order chi connectivity index (χ0) is 17.9. The number of hydrogen-bond acceptors (Lipinski definition) is 5. The van der Waals surface area contributed by atoms with E-state index in [1.807, 2.05) is 19.1 Å². The van der Waals surface area contributed by atoms with Gasteiger partial charge in [0, 0.05) is 11.6 Å². The molecule has 0 aliphatic heterocycles. The highest BCUT2D eigenvalue weighted by molar-refractivity contribution is 6.33. The minimum absolute atomic E-state index is 0.111. The summed E-state index contributed by atoms with van der Waals surface area (Å²) < 4.78 is 10.4. The molecule has 0 saturated carbocycles. The maximum atomic E-state index is 12.3. The molecule has 0 bridgehead atoms. The monoisotopic (exact) mass is 347 g/mol. The third-order valence-corrected chi connectivity index (χ3v) is 3.86. The number of esters is 1. The van der Waals surface area contributed by atoms with Crippen molar-refractivity contribution in [1.29, 1.82) is 0 Å². The van der Waals surface area contributed by atoms with Crippen LogP contribution in [0.25, 0.3) is 0 Å². The zero-order valence-corrected chi connectivity index (χ0v) is 14.4. The highest BCUT2D eigenvalue weighted by Crippen LogP contribution is 2.29. The molecule has 2 aromatic rings. The van der Waals surface area contributed by atoms with Crippen LogP contribution < -0.4 is 10.5 Å². The van der Waals surface area contributed by atoms with Gasteiger partial charge < -0.3 is 15.2 Å². The van der Waals surface area contributed by atoms with Gasteiger partial charge in [0.15, 0.2) is 6.10 Å². The Bertz CT molecular complexity index is 771. The molecule has 0 fully saturated rings. The number of nitrogen functional groups attached to an aromatic ring is 1. The molecule has 6 heteroatoms. The smallest absolute Gasteiger partial charge is 0.342 e. The number of ether oxygens (including phenoxy) is 2. The van der Waals surface area contributed by atoms with Crippen LogP contribution in [-0.2, 0) is 4.74 Å². The topological polar surface area (TPSA) is 78.6 Å². The average Bonchev–Trinajstić information content (AvgIpc) is 2.56. The van der Waals surface area contributed by atoms with E-state index < -0.39 is 12.1 Å². The fourth-order valence-electron chi connectivity index (χ4n) is 2.13. The number of ketones is 1. The summed E-state index contributed by atoms with van der Waals surface area (Å²) in [6.07, 6.45) is -0.943. The van der Waals surface area contributed by atoms with Gasteiger partial charge in [0.25, 0.3) is 0 Å². The van der Waals surface area contributed by atoms with Crippen molar-refractivity contribution in [1.82, 2.24) is 0 Å². The van der Waals surface area contributed by atoms with Crippen LogP contribution in [0.4, 0.5) is 5.69 Å². The maximum absolute atomic E-state index is 12.3. The predicted octanol–water partition coefficient (Wildman–Crippen LogP) is 3.67. The second kappa shape index (κ2) is 7.36. The van der Waals surface area contributed by atoms with Gasteiger partial charge >= 0.3 is 5.97 Å². The highest BCUT2D eigenvalue weighted by Gasteiger charge is 2.23. The number of methoxy groups -OCH3 is 1. The fraction of sp³-hybridized carbons (Fsp3) is 0.222. The van der Waals surface area contributed by atoms with Gasteiger partial charge in [0.1, 0.15) is 11.3 Å². The van der Waals surface area contributed by atoms with Crippen molar-refractivity contribution in [3.05, 3.63) is 58.1 Å². The van der Waals surface area contributed by atoms with Gasteiger partial charge in [-0.05, 0) is 19.9 Å². The van der Waals surface area contributed by atoms with Gasteiger partial charge in [-0.2, -0.15) is 0 Å². The Hall–Kier alpha value is -2.53.